The molecule has 0 aliphatic heterocycles. The van der Waals surface area contributed by atoms with Gasteiger partial charge >= 0.3 is 30.8 Å². The first-order valence-corrected chi connectivity index (χ1v) is 2.28. The molecular weight excluding hydrogens is 265 g/mol. The van der Waals surface area contributed by atoms with E-state index in [9.17, 15) is 9.59 Å². The minimum absolute atomic E-state index is 0. The fourth-order valence-corrected chi connectivity index (χ4v) is 0.270. The van der Waals surface area contributed by atoms with Crippen molar-refractivity contribution in [1.82, 2.24) is 0 Å². The van der Waals surface area contributed by atoms with Crippen molar-refractivity contribution in [2.75, 3.05) is 0 Å². The number of carbonyl (C=O) groups is 2. The van der Waals surface area contributed by atoms with Crippen molar-refractivity contribution in [1.29, 1.82) is 0 Å². The van der Waals surface area contributed by atoms with Crippen LogP contribution in [-0.4, -0.2) is 44.6 Å². The van der Waals surface area contributed by atoms with Gasteiger partial charge in [-0.05, 0) is 0 Å². The average Bonchev–Trinajstić information content (AvgIpc) is 1.84. The minimum Gasteiger partial charge on any atom is -1.00 e. The third kappa shape index (κ3) is 8.79. The molecule has 0 heterocycles. The van der Waals surface area contributed by atoms with Crippen LogP contribution in [0.15, 0.2) is 0 Å². The molecule has 9 heteroatoms. The predicted octanol–water partition coefficient (Wildman–Crippen LogP) is -5.01. The Morgan fingerprint density at radius 3 is 1.23 bits per heavy atom. The summed E-state index contributed by atoms with van der Waals surface area (Å²) in [6.45, 7) is 0. The SMILES string of the molecule is O=C(O)C(O)C(O)C(=O)O.[H-].[Li+].[Mn].[Ni]. The standard InChI is InChI=1S/C4H6O6.Li.Mn.Ni.H/c5-1(3(7)8)2(6)4(9)10;;;;/h1-2,5-6H,(H,7,8)(H,9,10);;;;/q;+1;;;-1. The number of hydrogen-bond donors (Lipinski definition) is 4. The molecule has 0 amide bonds. The van der Waals surface area contributed by atoms with E-state index in [1.54, 1.807) is 0 Å². The van der Waals surface area contributed by atoms with E-state index in [1.165, 1.54) is 0 Å². The molecule has 6 nitrogen and oxygen atoms in total. The molecule has 0 saturated carbocycles. The van der Waals surface area contributed by atoms with Gasteiger partial charge in [-0.1, -0.05) is 0 Å². The molecule has 0 aromatic rings. The summed E-state index contributed by atoms with van der Waals surface area (Å²) in [6.07, 6.45) is -4.53. The molecule has 2 unspecified atom stereocenters. The van der Waals surface area contributed by atoms with Crippen LogP contribution in [0.5, 0.6) is 0 Å². The third-order valence-corrected chi connectivity index (χ3v) is 0.805. The Hall–Kier alpha value is 0.470. The van der Waals surface area contributed by atoms with Gasteiger partial charge in [-0.15, -0.1) is 0 Å². The maximum Gasteiger partial charge on any atom is 1.00 e. The summed E-state index contributed by atoms with van der Waals surface area (Å²) in [4.78, 5) is 19.5. The van der Waals surface area contributed by atoms with Gasteiger partial charge in [-0.3, -0.25) is 0 Å². The second kappa shape index (κ2) is 10.6. The Morgan fingerprint density at radius 1 is 1.00 bits per heavy atom. The second-order valence-electron chi connectivity index (χ2n) is 1.57. The molecule has 0 aliphatic carbocycles. The number of carboxylic acids is 2. The molecule has 0 aromatic heterocycles. The van der Waals surface area contributed by atoms with Gasteiger partial charge in [0.05, 0.1) is 0 Å². The van der Waals surface area contributed by atoms with Crippen LogP contribution >= 0.6 is 0 Å². The number of carboxylic acid groups (broad SMARTS) is 2. The molecule has 4 N–H and O–H groups in total. The van der Waals surface area contributed by atoms with E-state index >= 15 is 0 Å². The van der Waals surface area contributed by atoms with Gasteiger partial charge in [0.1, 0.15) is 0 Å². The molecule has 0 bridgehead atoms. The average molecular weight is 272 g/mol. The maximum atomic E-state index is 9.77. The van der Waals surface area contributed by atoms with Crippen LogP contribution in [0.25, 0.3) is 0 Å². The van der Waals surface area contributed by atoms with Crippen molar-refractivity contribution in [3.63, 3.8) is 0 Å². The maximum absolute atomic E-state index is 9.77. The number of aliphatic carboxylic acids is 2. The smallest absolute Gasteiger partial charge is 1.00 e. The van der Waals surface area contributed by atoms with E-state index in [2.05, 4.69) is 0 Å². The van der Waals surface area contributed by atoms with Gasteiger partial charge in [-0.2, -0.15) is 0 Å². The largest absolute Gasteiger partial charge is 1.00 e. The van der Waals surface area contributed by atoms with Gasteiger partial charge in [0, 0.05) is 33.6 Å². The zero-order valence-corrected chi connectivity index (χ0v) is 8.62. The van der Waals surface area contributed by atoms with Gasteiger partial charge in [0.2, 0.25) is 0 Å². The first-order chi connectivity index (χ1) is 4.46. The van der Waals surface area contributed by atoms with E-state index in [0.29, 0.717) is 0 Å². The quantitative estimate of drug-likeness (QED) is 0.382. The van der Waals surface area contributed by atoms with E-state index in [0.717, 1.165) is 0 Å². The zero-order valence-electron chi connectivity index (χ0n) is 7.45. The molecule has 77 valence electrons. The van der Waals surface area contributed by atoms with Crippen LogP contribution in [0.3, 0.4) is 0 Å². The van der Waals surface area contributed by atoms with Crippen LogP contribution < -0.4 is 18.9 Å². The van der Waals surface area contributed by atoms with Crippen molar-refractivity contribution >= 4 is 11.9 Å². The summed E-state index contributed by atoms with van der Waals surface area (Å²) in [7, 11) is 0. The fraction of sp³-hybridized carbons (Fsp3) is 0.500. The molecular formula is C4H7LiMnNiO6. The molecule has 0 aromatic carbocycles. The molecule has 0 aliphatic rings. The monoisotopic (exact) mass is 271 g/mol. The van der Waals surface area contributed by atoms with E-state index in [1.807, 2.05) is 0 Å². The number of aliphatic hydroxyl groups excluding tert-OH is 2. The van der Waals surface area contributed by atoms with Crippen LogP contribution in [0.2, 0.25) is 0 Å². The molecule has 2 atom stereocenters. The third-order valence-electron chi connectivity index (χ3n) is 0.805. The van der Waals surface area contributed by atoms with Gasteiger partial charge in [0.25, 0.3) is 0 Å². The van der Waals surface area contributed by atoms with Crippen molar-refractivity contribution in [3.8, 4) is 0 Å². The Kier molecular flexibility index (Phi) is 19.0. The van der Waals surface area contributed by atoms with Crippen molar-refractivity contribution in [2.45, 2.75) is 12.2 Å². The van der Waals surface area contributed by atoms with Crippen molar-refractivity contribution < 1.29 is 83.9 Å². The summed E-state index contributed by atoms with van der Waals surface area (Å²) in [5.41, 5.74) is 0. The molecule has 13 heavy (non-hydrogen) atoms. The van der Waals surface area contributed by atoms with Crippen LogP contribution in [0, 0.1) is 0 Å². The van der Waals surface area contributed by atoms with Crippen molar-refractivity contribution in [3.05, 3.63) is 0 Å². The molecule has 1 radical (unpaired) electrons. The summed E-state index contributed by atoms with van der Waals surface area (Å²) in [5.74, 6) is -3.54. The normalized spacial score (nSPS) is 12.2. The summed E-state index contributed by atoms with van der Waals surface area (Å²) in [5, 5.41) is 32.5. The van der Waals surface area contributed by atoms with Gasteiger partial charge in [-0.25, -0.2) is 9.59 Å². The first-order valence-electron chi connectivity index (χ1n) is 2.28. The van der Waals surface area contributed by atoms with Gasteiger partial charge in [0.15, 0.2) is 12.2 Å². The number of hydrogen-bond acceptors (Lipinski definition) is 4. The zero-order chi connectivity index (χ0) is 8.31. The summed E-state index contributed by atoms with van der Waals surface area (Å²) >= 11 is 0. The van der Waals surface area contributed by atoms with Crippen LogP contribution in [-0.2, 0) is 43.1 Å². The Balaban J connectivity index is -0.0000000675. The van der Waals surface area contributed by atoms with E-state index in [-0.39, 0.29) is 53.8 Å². The van der Waals surface area contributed by atoms with Gasteiger partial charge < -0.3 is 21.9 Å². The summed E-state index contributed by atoms with van der Waals surface area (Å²) < 4.78 is 0. The molecule has 0 spiro atoms. The van der Waals surface area contributed by atoms with E-state index < -0.39 is 24.1 Å². The van der Waals surface area contributed by atoms with E-state index in [4.69, 9.17) is 20.4 Å². The van der Waals surface area contributed by atoms with Crippen LogP contribution in [0.1, 0.15) is 1.43 Å². The Labute approximate surface area is 108 Å². The topological polar surface area (TPSA) is 115 Å². The molecule has 0 rings (SSSR count). The Bertz CT molecular complexity index is 154. The molecule has 0 fully saturated rings. The second-order valence-corrected chi connectivity index (χ2v) is 1.57. The molecule has 0 saturated heterocycles. The number of aliphatic hydroxyl groups is 2. The predicted molar refractivity (Wildman–Crippen MR) is 28.4 cm³/mol. The van der Waals surface area contributed by atoms with Crippen LogP contribution in [0.4, 0.5) is 0 Å². The first kappa shape index (κ1) is 23.4. The fourth-order valence-electron chi connectivity index (χ4n) is 0.270. The summed E-state index contributed by atoms with van der Waals surface area (Å²) in [6, 6.07) is 0. The minimum atomic E-state index is -2.27. The Morgan fingerprint density at radius 2 is 1.15 bits per heavy atom. The number of rotatable bonds is 3. The van der Waals surface area contributed by atoms with Crippen molar-refractivity contribution in [2.24, 2.45) is 0 Å².